The number of hydrogen-bond acceptors (Lipinski definition) is 5. The molecule has 0 bridgehead atoms. The summed E-state index contributed by atoms with van der Waals surface area (Å²) < 4.78 is 33.5. The lowest BCUT2D eigenvalue weighted by atomic mass is 10.1. The number of aromatic nitrogens is 3. The lowest BCUT2D eigenvalue weighted by Crippen LogP contribution is -2.22. The molecule has 0 saturated carbocycles. The van der Waals surface area contributed by atoms with E-state index in [1.54, 1.807) is 10.9 Å². The Morgan fingerprint density at radius 2 is 1.76 bits per heavy atom. The molecule has 2 N–H and O–H groups in total. The number of halogens is 3. The number of anilines is 1. The van der Waals surface area contributed by atoms with Crippen molar-refractivity contribution in [3.63, 3.8) is 0 Å². The van der Waals surface area contributed by atoms with Crippen LogP contribution in [0.1, 0.15) is 16.9 Å². The van der Waals surface area contributed by atoms with Gasteiger partial charge >= 0.3 is 12.1 Å². The molecule has 1 aliphatic heterocycles. The monoisotopic (exact) mass is 461 g/mol. The van der Waals surface area contributed by atoms with Crippen molar-refractivity contribution < 1.29 is 27.9 Å². The van der Waals surface area contributed by atoms with E-state index in [1.807, 2.05) is 32.3 Å². The van der Waals surface area contributed by atoms with Gasteiger partial charge in [-0.15, -0.1) is 0 Å². The van der Waals surface area contributed by atoms with Crippen LogP contribution in [0.2, 0.25) is 0 Å². The van der Waals surface area contributed by atoms with Gasteiger partial charge in [-0.1, -0.05) is 12.1 Å². The van der Waals surface area contributed by atoms with Crippen molar-refractivity contribution in [2.24, 2.45) is 0 Å². The molecule has 33 heavy (non-hydrogen) atoms. The number of aryl methyl sites for hydroxylation is 1. The Balaban J connectivity index is 0.000000383. The molecule has 4 rings (SSSR count). The SMILES string of the molecule is CN(C)c1ccc(-c2cc(-c3cc4n(n3)CCCNC4=O)ccn2)cc1.O=C(O)C(F)(F)F. The number of alkyl halides is 3. The van der Waals surface area contributed by atoms with Crippen LogP contribution in [0.4, 0.5) is 18.9 Å². The van der Waals surface area contributed by atoms with Crippen molar-refractivity contribution in [2.75, 3.05) is 25.5 Å². The summed E-state index contributed by atoms with van der Waals surface area (Å²) in [4.78, 5) is 27.6. The van der Waals surface area contributed by atoms with Crippen LogP contribution in [0, 0.1) is 0 Å². The first-order chi connectivity index (χ1) is 15.6. The van der Waals surface area contributed by atoms with Crippen LogP contribution in [0.5, 0.6) is 0 Å². The summed E-state index contributed by atoms with van der Waals surface area (Å²) in [6.45, 7) is 1.44. The Labute approximate surface area is 187 Å². The lowest BCUT2D eigenvalue weighted by molar-refractivity contribution is -0.192. The van der Waals surface area contributed by atoms with Gasteiger partial charge in [0, 0.05) is 50.2 Å². The first-order valence-corrected chi connectivity index (χ1v) is 9.96. The van der Waals surface area contributed by atoms with Crippen LogP contribution in [0.25, 0.3) is 22.5 Å². The second-order valence-electron chi connectivity index (χ2n) is 7.42. The van der Waals surface area contributed by atoms with Gasteiger partial charge in [-0.05, 0) is 36.8 Å². The topological polar surface area (TPSA) is 100 Å². The van der Waals surface area contributed by atoms with Crippen LogP contribution in [0.15, 0.2) is 48.7 Å². The Morgan fingerprint density at radius 1 is 1.09 bits per heavy atom. The number of carbonyl (C=O) groups is 2. The number of rotatable bonds is 3. The molecule has 1 aromatic carbocycles. The second-order valence-corrected chi connectivity index (χ2v) is 7.42. The first kappa shape index (κ1) is 23.8. The minimum atomic E-state index is -5.08. The van der Waals surface area contributed by atoms with E-state index in [1.165, 1.54) is 0 Å². The van der Waals surface area contributed by atoms with E-state index < -0.39 is 12.1 Å². The fourth-order valence-corrected chi connectivity index (χ4v) is 3.11. The van der Waals surface area contributed by atoms with E-state index in [-0.39, 0.29) is 5.91 Å². The average Bonchev–Trinajstić information content (AvgIpc) is 3.13. The van der Waals surface area contributed by atoms with Crippen LogP contribution in [-0.2, 0) is 11.3 Å². The molecule has 3 heterocycles. The summed E-state index contributed by atoms with van der Waals surface area (Å²) in [5.74, 6) is -2.82. The standard InChI is InChI=1S/C20H21N5O.C2HF3O2/c1-24(2)16-6-4-14(5-7-16)17-12-15(8-10-21-17)18-13-19-20(26)22-9-3-11-25(19)23-18;3-2(4,5)1(6)7/h4-8,10,12-13H,3,9,11H2,1-2H3,(H,22,26);(H,6,7). The first-order valence-electron chi connectivity index (χ1n) is 9.96. The maximum Gasteiger partial charge on any atom is 0.490 e. The summed E-state index contributed by atoms with van der Waals surface area (Å²) in [6.07, 6.45) is -2.41. The summed E-state index contributed by atoms with van der Waals surface area (Å²) in [7, 11) is 4.04. The van der Waals surface area contributed by atoms with Crippen molar-refractivity contribution in [3.05, 3.63) is 54.4 Å². The van der Waals surface area contributed by atoms with Crippen molar-refractivity contribution >= 4 is 17.6 Å². The van der Waals surface area contributed by atoms with E-state index >= 15 is 0 Å². The maximum absolute atomic E-state index is 12.1. The summed E-state index contributed by atoms with van der Waals surface area (Å²) >= 11 is 0. The molecule has 0 aliphatic carbocycles. The van der Waals surface area contributed by atoms with Gasteiger partial charge in [0.05, 0.1) is 11.4 Å². The third-order valence-corrected chi connectivity index (χ3v) is 4.82. The molecule has 0 fully saturated rings. The van der Waals surface area contributed by atoms with Gasteiger partial charge in [-0.2, -0.15) is 18.3 Å². The molecule has 1 aliphatic rings. The van der Waals surface area contributed by atoms with Gasteiger partial charge in [-0.25, -0.2) is 4.79 Å². The van der Waals surface area contributed by atoms with Crippen molar-refractivity contribution in [3.8, 4) is 22.5 Å². The van der Waals surface area contributed by atoms with E-state index in [4.69, 9.17) is 9.90 Å². The number of benzene rings is 1. The molecule has 3 aromatic rings. The van der Waals surface area contributed by atoms with Crippen LogP contribution < -0.4 is 10.2 Å². The molecule has 8 nitrogen and oxygen atoms in total. The van der Waals surface area contributed by atoms with Crippen molar-refractivity contribution in [1.29, 1.82) is 0 Å². The third kappa shape index (κ3) is 5.88. The molecule has 0 unspecified atom stereocenters. The minimum Gasteiger partial charge on any atom is -0.475 e. The molecule has 1 amide bonds. The molecule has 2 aromatic heterocycles. The fraction of sp³-hybridized carbons (Fsp3) is 0.273. The minimum absolute atomic E-state index is 0.0604. The van der Waals surface area contributed by atoms with E-state index in [9.17, 15) is 18.0 Å². The molecular formula is C22H22F3N5O3. The normalized spacial score (nSPS) is 13.2. The number of carboxylic acid groups (broad SMARTS) is 1. The summed E-state index contributed by atoms with van der Waals surface area (Å²) in [5, 5.41) is 14.7. The van der Waals surface area contributed by atoms with Crippen molar-refractivity contribution in [1.82, 2.24) is 20.1 Å². The Kier molecular flexibility index (Phi) is 7.00. The number of carbonyl (C=O) groups excluding carboxylic acids is 1. The molecule has 0 spiro atoms. The van der Waals surface area contributed by atoms with E-state index in [2.05, 4.69) is 44.6 Å². The predicted octanol–water partition coefficient (Wildman–Crippen LogP) is 3.44. The fourth-order valence-electron chi connectivity index (χ4n) is 3.11. The molecule has 11 heteroatoms. The number of pyridine rings is 1. The summed E-state index contributed by atoms with van der Waals surface area (Å²) in [5.41, 5.74) is 5.46. The molecule has 0 atom stereocenters. The number of carboxylic acids is 1. The predicted molar refractivity (Wildman–Crippen MR) is 116 cm³/mol. The Hall–Kier alpha value is -3.89. The zero-order valence-electron chi connectivity index (χ0n) is 17.9. The number of nitrogens with one attached hydrogen (secondary N) is 1. The maximum atomic E-state index is 12.1. The van der Waals surface area contributed by atoms with E-state index in [0.29, 0.717) is 12.2 Å². The largest absolute Gasteiger partial charge is 0.490 e. The van der Waals surface area contributed by atoms with Gasteiger partial charge in [0.1, 0.15) is 5.69 Å². The van der Waals surface area contributed by atoms with Crippen LogP contribution >= 0.6 is 0 Å². The molecule has 0 radical (unpaired) electrons. The number of fused-ring (bicyclic) bond motifs is 1. The zero-order chi connectivity index (χ0) is 24.2. The average molecular weight is 461 g/mol. The van der Waals surface area contributed by atoms with E-state index in [0.717, 1.165) is 41.2 Å². The zero-order valence-corrected chi connectivity index (χ0v) is 17.9. The number of amides is 1. The molecular weight excluding hydrogens is 439 g/mol. The van der Waals surface area contributed by atoms with Crippen LogP contribution in [0.3, 0.4) is 0 Å². The molecule has 0 saturated heterocycles. The third-order valence-electron chi connectivity index (χ3n) is 4.82. The lowest BCUT2D eigenvalue weighted by Gasteiger charge is -2.12. The quantitative estimate of drug-likeness (QED) is 0.620. The van der Waals surface area contributed by atoms with Gasteiger partial charge in [0.2, 0.25) is 0 Å². The Morgan fingerprint density at radius 3 is 2.36 bits per heavy atom. The summed E-state index contributed by atoms with van der Waals surface area (Å²) in [6, 6.07) is 14.1. The van der Waals surface area contributed by atoms with Gasteiger partial charge in [-0.3, -0.25) is 14.5 Å². The van der Waals surface area contributed by atoms with Gasteiger partial charge < -0.3 is 15.3 Å². The Bertz CT molecular complexity index is 1140. The number of aliphatic carboxylic acids is 1. The highest BCUT2D eigenvalue weighted by Crippen LogP contribution is 2.26. The highest BCUT2D eigenvalue weighted by atomic mass is 19.4. The number of nitrogens with zero attached hydrogens (tertiary/aromatic N) is 4. The second kappa shape index (κ2) is 9.72. The number of hydrogen-bond donors (Lipinski definition) is 2. The highest BCUT2D eigenvalue weighted by molar-refractivity contribution is 5.94. The van der Waals surface area contributed by atoms with Gasteiger partial charge in [0.25, 0.3) is 5.91 Å². The highest BCUT2D eigenvalue weighted by Gasteiger charge is 2.38. The molecule has 174 valence electrons. The van der Waals surface area contributed by atoms with Crippen LogP contribution in [-0.4, -0.2) is 58.6 Å². The smallest absolute Gasteiger partial charge is 0.475 e. The van der Waals surface area contributed by atoms with Crippen molar-refractivity contribution in [2.45, 2.75) is 19.1 Å². The van der Waals surface area contributed by atoms with Gasteiger partial charge in [0.15, 0.2) is 0 Å².